The Morgan fingerprint density at radius 1 is 0.737 bits per heavy atom. The van der Waals surface area contributed by atoms with Gasteiger partial charge in [0.1, 0.15) is 0 Å². The lowest BCUT2D eigenvalue weighted by atomic mass is 10.1. The minimum Gasteiger partial charge on any atom is -0.382 e. The molecule has 1 N–H and O–H groups in total. The Morgan fingerprint density at radius 3 is 1.79 bits per heavy atom. The number of hydrogen-bond acceptors (Lipinski definition) is 5. The largest absolute Gasteiger partial charge is 0.382 e. The van der Waals surface area contributed by atoms with Crippen LogP contribution in [0.25, 0.3) is 0 Å². The van der Waals surface area contributed by atoms with Crippen LogP contribution in [-0.4, -0.2) is 66.4 Å². The Labute approximate surface area is 117 Å². The SMILES string of the molecule is COCCOCCOCCOCCNCCC(C)C. The van der Waals surface area contributed by atoms with Gasteiger partial charge in [-0.2, -0.15) is 0 Å². The van der Waals surface area contributed by atoms with Gasteiger partial charge >= 0.3 is 0 Å². The molecule has 0 heterocycles. The summed E-state index contributed by atoms with van der Waals surface area (Å²) in [5, 5.41) is 3.35. The number of hydrogen-bond donors (Lipinski definition) is 1. The van der Waals surface area contributed by atoms with E-state index in [0.29, 0.717) is 39.6 Å². The molecule has 0 unspecified atom stereocenters. The van der Waals surface area contributed by atoms with E-state index in [1.54, 1.807) is 7.11 Å². The monoisotopic (exact) mass is 277 g/mol. The van der Waals surface area contributed by atoms with E-state index < -0.39 is 0 Å². The lowest BCUT2D eigenvalue weighted by molar-refractivity contribution is 0.00410. The van der Waals surface area contributed by atoms with Crippen LogP contribution in [0.2, 0.25) is 0 Å². The molecule has 0 saturated carbocycles. The molecule has 5 nitrogen and oxygen atoms in total. The van der Waals surface area contributed by atoms with Gasteiger partial charge < -0.3 is 24.3 Å². The molecule has 0 aliphatic carbocycles. The molecule has 0 radical (unpaired) electrons. The standard InChI is InChI=1S/C14H31NO4/c1-14(2)4-5-15-6-7-17-10-11-19-13-12-18-9-8-16-3/h14-15H,4-13H2,1-3H3. The molecular weight excluding hydrogens is 246 g/mol. The second kappa shape index (κ2) is 15.9. The Balaban J connectivity index is 2.91. The van der Waals surface area contributed by atoms with Gasteiger partial charge in [-0.05, 0) is 18.9 Å². The molecule has 0 rings (SSSR count). The first-order chi connectivity index (χ1) is 9.27. The molecule has 0 aliphatic heterocycles. The molecule has 0 bridgehead atoms. The van der Waals surface area contributed by atoms with E-state index in [1.165, 1.54) is 6.42 Å². The van der Waals surface area contributed by atoms with Crippen LogP contribution in [0.4, 0.5) is 0 Å². The number of nitrogens with one attached hydrogen (secondary N) is 1. The van der Waals surface area contributed by atoms with Crippen molar-refractivity contribution in [3.63, 3.8) is 0 Å². The van der Waals surface area contributed by atoms with Crippen LogP contribution >= 0.6 is 0 Å². The van der Waals surface area contributed by atoms with Gasteiger partial charge in [0.25, 0.3) is 0 Å². The highest BCUT2D eigenvalue weighted by Crippen LogP contribution is 1.95. The van der Waals surface area contributed by atoms with Crippen molar-refractivity contribution < 1.29 is 18.9 Å². The lowest BCUT2D eigenvalue weighted by Gasteiger charge is -2.08. The third kappa shape index (κ3) is 17.8. The van der Waals surface area contributed by atoms with Crippen molar-refractivity contribution in [1.29, 1.82) is 0 Å². The van der Waals surface area contributed by atoms with Crippen molar-refractivity contribution in [2.24, 2.45) is 5.92 Å². The zero-order valence-corrected chi connectivity index (χ0v) is 12.8. The zero-order chi connectivity index (χ0) is 14.2. The Morgan fingerprint density at radius 2 is 1.26 bits per heavy atom. The summed E-state index contributed by atoms with van der Waals surface area (Å²) in [6.07, 6.45) is 1.21. The fraction of sp³-hybridized carbons (Fsp3) is 1.00. The zero-order valence-electron chi connectivity index (χ0n) is 12.8. The van der Waals surface area contributed by atoms with E-state index in [0.717, 1.165) is 25.6 Å². The quantitative estimate of drug-likeness (QED) is 0.458. The number of methoxy groups -OCH3 is 1. The summed E-state index contributed by atoms with van der Waals surface area (Å²) in [7, 11) is 1.66. The summed E-state index contributed by atoms with van der Waals surface area (Å²) in [4.78, 5) is 0. The van der Waals surface area contributed by atoms with Crippen molar-refractivity contribution in [3.05, 3.63) is 0 Å². The fourth-order valence-electron chi connectivity index (χ4n) is 1.34. The number of ether oxygens (including phenoxy) is 4. The van der Waals surface area contributed by atoms with E-state index >= 15 is 0 Å². The summed E-state index contributed by atoms with van der Waals surface area (Å²) < 4.78 is 20.9. The lowest BCUT2D eigenvalue weighted by Crippen LogP contribution is -2.22. The van der Waals surface area contributed by atoms with E-state index in [9.17, 15) is 0 Å². The summed E-state index contributed by atoms with van der Waals surface area (Å²) in [6.45, 7) is 10.9. The minimum atomic E-state index is 0.611. The second-order valence-electron chi connectivity index (χ2n) is 4.76. The van der Waals surface area contributed by atoms with Gasteiger partial charge in [-0.3, -0.25) is 0 Å². The summed E-state index contributed by atoms with van der Waals surface area (Å²) in [5.41, 5.74) is 0. The fourth-order valence-corrected chi connectivity index (χ4v) is 1.34. The maximum Gasteiger partial charge on any atom is 0.0701 e. The predicted molar refractivity (Wildman–Crippen MR) is 76.7 cm³/mol. The predicted octanol–water partition coefficient (Wildman–Crippen LogP) is 1.32. The van der Waals surface area contributed by atoms with Gasteiger partial charge in [0.15, 0.2) is 0 Å². The maximum atomic E-state index is 5.44. The molecule has 5 heteroatoms. The molecule has 116 valence electrons. The third-order valence-corrected chi connectivity index (χ3v) is 2.50. The highest BCUT2D eigenvalue weighted by Gasteiger charge is 1.94. The van der Waals surface area contributed by atoms with E-state index in [-0.39, 0.29) is 0 Å². The van der Waals surface area contributed by atoms with Crippen LogP contribution in [-0.2, 0) is 18.9 Å². The van der Waals surface area contributed by atoms with Crippen molar-refractivity contribution >= 4 is 0 Å². The first-order valence-corrected chi connectivity index (χ1v) is 7.20. The molecule has 0 aromatic heterocycles. The van der Waals surface area contributed by atoms with Crippen LogP contribution in [0.3, 0.4) is 0 Å². The van der Waals surface area contributed by atoms with Crippen molar-refractivity contribution in [2.45, 2.75) is 20.3 Å². The van der Waals surface area contributed by atoms with Crippen LogP contribution in [0, 0.1) is 5.92 Å². The van der Waals surface area contributed by atoms with Gasteiger partial charge in [-0.25, -0.2) is 0 Å². The van der Waals surface area contributed by atoms with E-state index in [1.807, 2.05) is 0 Å². The molecule has 19 heavy (non-hydrogen) atoms. The van der Waals surface area contributed by atoms with Crippen LogP contribution in [0.5, 0.6) is 0 Å². The molecule has 0 aromatic carbocycles. The number of rotatable bonds is 15. The summed E-state index contributed by atoms with van der Waals surface area (Å²) in [5.74, 6) is 0.757. The molecule has 0 amide bonds. The second-order valence-corrected chi connectivity index (χ2v) is 4.76. The van der Waals surface area contributed by atoms with Gasteiger partial charge in [0.05, 0.1) is 46.2 Å². The van der Waals surface area contributed by atoms with E-state index in [2.05, 4.69) is 19.2 Å². The molecule has 0 saturated heterocycles. The first kappa shape index (κ1) is 18.8. The van der Waals surface area contributed by atoms with Crippen LogP contribution in [0.15, 0.2) is 0 Å². The first-order valence-electron chi connectivity index (χ1n) is 7.20. The Kier molecular flexibility index (Phi) is 15.7. The minimum absolute atomic E-state index is 0.611. The highest BCUT2D eigenvalue weighted by atomic mass is 16.6. The summed E-state index contributed by atoms with van der Waals surface area (Å²) >= 11 is 0. The van der Waals surface area contributed by atoms with Gasteiger partial charge in [-0.15, -0.1) is 0 Å². The van der Waals surface area contributed by atoms with Crippen LogP contribution in [0.1, 0.15) is 20.3 Å². The van der Waals surface area contributed by atoms with Crippen LogP contribution < -0.4 is 5.32 Å². The topological polar surface area (TPSA) is 49.0 Å². The molecule has 0 aromatic rings. The Bertz CT molecular complexity index is 168. The molecule has 0 aliphatic rings. The van der Waals surface area contributed by atoms with Gasteiger partial charge in [0, 0.05) is 13.7 Å². The van der Waals surface area contributed by atoms with Gasteiger partial charge in [-0.1, -0.05) is 13.8 Å². The molecular formula is C14H31NO4. The van der Waals surface area contributed by atoms with Crippen molar-refractivity contribution in [3.8, 4) is 0 Å². The van der Waals surface area contributed by atoms with E-state index in [4.69, 9.17) is 18.9 Å². The summed E-state index contributed by atoms with van der Waals surface area (Å²) in [6, 6.07) is 0. The van der Waals surface area contributed by atoms with Gasteiger partial charge in [0.2, 0.25) is 0 Å². The Hall–Kier alpha value is -0.200. The smallest absolute Gasteiger partial charge is 0.0701 e. The molecule has 0 fully saturated rings. The molecule has 0 spiro atoms. The third-order valence-electron chi connectivity index (χ3n) is 2.50. The highest BCUT2D eigenvalue weighted by molar-refractivity contribution is 4.50. The average Bonchev–Trinajstić information content (AvgIpc) is 2.39. The normalized spacial score (nSPS) is 11.4. The van der Waals surface area contributed by atoms with Crippen molar-refractivity contribution in [2.75, 3.05) is 66.4 Å². The maximum absolute atomic E-state index is 5.44. The average molecular weight is 277 g/mol. The molecule has 0 atom stereocenters. The van der Waals surface area contributed by atoms with Crippen molar-refractivity contribution in [1.82, 2.24) is 5.32 Å².